The number of hydrogen-bond acceptors (Lipinski definition) is 6. The predicted molar refractivity (Wildman–Crippen MR) is 95.8 cm³/mol. The number of rotatable bonds is 1. The standard InChI is InChI=1S/C17H16Cl2N4O2/c1-17(2)6-11-13(12(24)7-17)14(8-3-4-9(18)10(19)5-8)21-16-15(20-11)22-25-23-16/h3-5,14H,6-7H2,1-2H3,(H,20,22)(H,21,23). The minimum absolute atomic E-state index is 0.0874. The van der Waals surface area contributed by atoms with Gasteiger partial charge in [0.1, 0.15) is 0 Å². The monoisotopic (exact) mass is 378 g/mol. The van der Waals surface area contributed by atoms with Gasteiger partial charge >= 0.3 is 0 Å². The molecule has 0 saturated heterocycles. The van der Waals surface area contributed by atoms with Crippen molar-refractivity contribution in [3.8, 4) is 0 Å². The van der Waals surface area contributed by atoms with E-state index in [1.165, 1.54) is 0 Å². The molecule has 1 aliphatic heterocycles. The molecule has 2 N–H and O–H groups in total. The van der Waals surface area contributed by atoms with Gasteiger partial charge in [-0.15, -0.1) is 0 Å². The summed E-state index contributed by atoms with van der Waals surface area (Å²) >= 11 is 12.2. The highest BCUT2D eigenvalue weighted by Crippen LogP contribution is 2.45. The molecule has 1 unspecified atom stereocenters. The van der Waals surface area contributed by atoms with Crippen LogP contribution in [-0.4, -0.2) is 16.1 Å². The normalized spacial score (nSPS) is 21.8. The first-order valence-corrected chi connectivity index (χ1v) is 8.67. The van der Waals surface area contributed by atoms with E-state index in [2.05, 4.69) is 34.8 Å². The molecule has 0 amide bonds. The van der Waals surface area contributed by atoms with Crippen LogP contribution in [0, 0.1) is 5.41 Å². The summed E-state index contributed by atoms with van der Waals surface area (Å²) < 4.78 is 4.83. The largest absolute Gasteiger partial charge is 0.353 e. The van der Waals surface area contributed by atoms with E-state index in [1.807, 2.05) is 6.07 Å². The highest BCUT2D eigenvalue weighted by Gasteiger charge is 2.39. The maximum Gasteiger partial charge on any atom is 0.219 e. The van der Waals surface area contributed by atoms with Crippen molar-refractivity contribution in [3.05, 3.63) is 45.1 Å². The molecule has 2 aliphatic rings. The van der Waals surface area contributed by atoms with Crippen molar-refractivity contribution in [2.45, 2.75) is 32.7 Å². The number of carbonyl (C=O) groups is 1. The fraction of sp³-hybridized carbons (Fsp3) is 0.353. The zero-order chi connectivity index (χ0) is 17.8. The Labute approximate surface area is 154 Å². The van der Waals surface area contributed by atoms with Gasteiger partial charge in [0.2, 0.25) is 11.6 Å². The summed E-state index contributed by atoms with van der Waals surface area (Å²) in [5.41, 5.74) is 2.21. The second-order valence-corrected chi connectivity index (χ2v) is 7.98. The summed E-state index contributed by atoms with van der Waals surface area (Å²) in [5, 5.41) is 15.2. The number of fused-ring (bicyclic) bond motifs is 1. The van der Waals surface area contributed by atoms with E-state index in [4.69, 9.17) is 27.8 Å². The van der Waals surface area contributed by atoms with Crippen molar-refractivity contribution in [1.29, 1.82) is 0 Å². The molecule has 0 radical (unpaired) electrons. The first kappa shape index (κ1) is 16.4. The van der Waals surface area contributed by atoms with Crippen molar-refractivity contribution in [3.63, 3.8) is 0 Å². The van der Waals surface area contributed by atoms with E-state index < -0.39 is 6.04 Å². The predicted octanol–water partition coefficient (Wildman–Crippen LogP) is 4.60. The zero-order valence-electron chi connectivity index (χ0n) is 13.7. The molecule has 1 aromatic carbocycles. The van der Waals surface area contributed by atoms with Crippen LogP contribution in [0.4, 0.5) is 11.6 Å². The number of nitrogens with one attached hydrogen (secondary N) is 2. The van der Waals surface area contributed by atoms with Gasteiger partial charge in [-0.25, -0.2) is 4.63 Å². The fourth-order valence-corrected chi connectivity index (χ4v) is 3.75. The topological polar surface area (TPSA) is 80.1 Å². The minimum Gasteiger partial charge on any atom is -0.353 e. The second-order valence-electron chi connectivity index (χ2n) is 7.17. The van der Waals surface area contributed by atoms with Crippen LogP contribution < -0.4 is 10.6 Å². The zero-order valence-corrected chi connectivity index (χ0v) is 15.2. The van der Waals surface area contributed by atoms with Crippen LogP contribution >= 0.6 is 23.2 Å². The minimum atomic E-state index is -0.408. The number of benzene rings is 1. The van der Waals surface area contributed by atoms with Gasteiger partial charge in [-0.05, 0) is 39.8 Å². The van der Waals surface area contributed by atoms with Gasteiger partial charge in [0.15, 0.2) is 5.78 Å². The average molecular weight is 379 g/mol. The molecule has 0 bridgehead atoms. The Kier molecular flexibility index (Phi) is 3.77. The van der Waals surface area contributed by atoms with Gasteiger partial charge in [0, 0.05) is 17.7 Å². The summed E-state index contributed by atoms with van der Waals surface area (Å²) in [7, 11) is 0. The number of ketones is 1. The second kappa shape index (κ2) is 5.75. The molecule has 8 heteroatoms. The molecule has 25 heavy (non-hydrogen) atoms. The SMILES string of the molecule is CC1(C)CC(=O)C2=C(C1)Nc1nonc1NC2c1ccc(Cl)c(Cl)c1. The molecule has 2 aromatic rings. The maximum atomic E-state index is 12.9. The van der Waals surface area contributed by atoms with Crippen LogP contribution in [0.25, 0.3) is 0 Å². The molecule has 4 rings (SSSR count). The lowest BCUT2D eigenvalue weighted by atomic mass is 9.73. The Bertz CT molecular complexity index is 904. The molecule has 1 aromatic heterocycles. The molecule has 0 spiro atoms. The third-order valence-corrected chi connectivity index (χ3v) is 5.26. The number of anilines is 2. The molecule has 1 atom stereocenters. The summed E-state index contributed by atoms with van der Waals surface area (Å²) in [5.74, 6) is 1.01. The molecule has 0 saturated carbocycles. The first-order valence-electron chi connectivity index (χ1n) is 7.91. The summed E-state index contributed by atoms with van der Waals surface area (Å²) in [6, 6.07) is 4.92. The summed E-state index contributed by atoms with van der Waals surface area (Å²) in [4.78, 5) is 12.9. The highest BCUT2D eigenvalue weighted by atomic mass is 35.5. The quantitative estimate of drug-likeness (QED) is 0.754. The average Bonchev–Trinajstić information content (AvgIpc) is 2.88. The number of aromatic nitrogens is 2. The number of allylic oxidation sites excluding steroid dienone is 1. The number of nitrogens with zero attached hydrogens (tertiary/aromatic N) is 2. The third kappa shape index (κ3) is 2.89. The van der Waals surface area contributed by atoms with Crippen LogP contribution in [0.2, 0.25) is 10.0 Å². The van der Waals surface area contributed by atoms with Crippen LogP contribution in [0.1, 0.15) is 38.3 Å². The van der Waals surface area contributed by atoms with Crippen molar-refractivity contribution < 1.29 is 9.42 Å². The lowest BCUT2D eigenvalue weighted by Crippen LogP contribution is -2.31. The van der Waals surface area contributed by atoms with E-state index >= 15 is 0 Å². The van der Waals surface area contributed by atoms with Crippen molar-refractivity contribution in [2.75, 3.05) is 10.6 Å². The number of halogens is 2. The molecule has 2 heterocycles. The molecule has 6 nitrogen and oxygen atoms in total. The van der Waals surface area contributed by atoms with E-state index in [-0.39, 0.29) is 11.2 Å². The molecular weight excluding hydrogens is 363 g/mol. The molecular formula is C17H16Cl2N4O2. The maximum absolute atomic E-state index is 12.9. The van der Waals surface area contributed by atoms with Crippen LogP contribution in [0.5, 0.6) is 0 Å². The summed E-state index contributed by atoms with van der Waals surface area (Å²) in [6.45, 7) is 4.15. The van der Waals surface area contributed by atoms with Gasteiger partial charge in [-0.2, -0.15) is 0 Å². The number of Topliss-reactive ketones (excluding diaryl/α,β-unsaturated/α-hetero) is 1. The molecule has 1 aliphatic carbocycles. The van der Waals surface area contributed by atoms with E-state index in [0.717, 1.165) is 17.7 Å². The lowest BCUT2D eigenvalue weighted by molar-refractivity contribution is -0.118. The Balaban J connectivity index is 1.88. The van der Waals surface area contributed by atoms with Gasteiger partial charge in [0.05, 0.1) is 16.1 Å². The van der Waals surface area contributed by atoms with Gasteiger partial charge < -0.3 is 10.6 Å². The molecule has 0 fully saturated rings. The van der Waals surface area contributed by atoms with Crippen LogP contribution in [0.15, 0.2) is 34.1 Å². The van der Waals surface area contributed by atoms with Gasteiger partial charge in [-0.1, -0.05) is 43.1 Å². The van der Waals surface area contributed by atoms with Crippen molar-refractivity contribution >= 4 is 40.6 Å². The highest BCUT2D eigenvalue weighted by molar-refractivity contribution is 6.42. The number of hydrogen-bond donors (Lipinski definition) is 2. The Morgan fingerprint density at radius 2 is 1.92 bits per heavy atom. The summed E-state index contributed by atoms with van der Waals surface area (Å²) in [6.07, 6.45) is 1.20. The smallest absolute Gasteiger partial charge is 0.219 e. The Morgan fingerprint density at radius 3 is 2.68 bits per heavy atom. The van der Waals surface area contributed by atoms with Gasteiger partial charge in [-0.3, -0.25) is 4.79 Å². The lowest BCUT2D eigenvalue weighted by Gasteiger charge is -2.34. The van der Waals surface area contributed by atoms with Crippen LogP contribution in [0.3, 0.4) is 0 Å². The van der Waals surface area contributed by atoms with Crippen LogP contribution in [-0.2, 0) is 4.79 Å². The van der Waals surface area contributed by atoms with Gasteiger partial charge in [0.25, 0.3) is 0 Å². The number of carbonyl (C=O) groups excluding carboxylic acids is 1. The molecule has 130 valence electrons. The van der Waals surface area contributed by atoms with E-state index in [9.17, 15) is 4.79 Å². The Morgan fingerprint density at radius 1 is 1.16 bits per heavy atom. The fourth-order valence-electron chi connectivity index (χ4n) is 3.44. The van der Waals surface area contributed by atoms with Crippen molar-refractivity contribution in [2.24, 2.45) is 5.41 Å². The van der Waals surface area contributed by atoms with Crippen molar-refractivity contribution in [1.82, 2.24) is 10.3 Å². The van der Waals surface area contributed by atoms with E-state index in [1.54, 1.807) is 12.1 Å². The van der Waals surface area contributed by atoms with E-state index in [0.29, 0.717) is 33.7 Å². The first-order chi connectivity index (χ1) is 11.8. The Hall–Kier alpha value is -2.05. The third-order valence-electron chi connectivity index (χ3n) is 4.52.